The number of cyclic esters (lactones) is 1. The predicted octanol–water partition coefficient (Wildman–Crippen LogP) is 4.67. The molecule has 136 valence electrons. The number of aryl methyl sites for hydroxylation is 4. The van der Waals surface area contributed by atoms with Crippen molar-refractivity contribution in [2.45, 2.75) is 52.7 Å². The molecule has 3 rings (SSSR count). The molecule has 0 amide bonds. The van der Waals surface area contributed by atoms with Gasteiger partial charge in [0.25, 0.3) is 0 Å². The quantitative estimate of drug-likeness (QED) is 0.819. The molecule has 2 aromatic carbocycles. The smallest absolute Gasteiger partial charge is 0.309 e. The summed E-state index contributed by atoms with van der Waals surface area (Å²) >= 11 is 0. The third kappa shape index (κ3) is 4.23. The Balaban J connectivity index is 2.01. The van der Waals surface area contributed by atoms with E-state index in [0.29, 0.717) is 6.42 Å². The van der Waals surface area contributed by atoms with Crippen LogP contribution in [0.15, 0.2) is 36.4 Å². The monoisotopic (exact) mass is 350 g/mol. The molecule has 0 spiro atoms. The third-order valence-electron chi connectivity index (χ3n) is 4.73. The van der Waals surface area contributed by atoms with E-state index >= 15 is 0 Å². The van der Waals surface area contributed by atoms with Gasteiger partial charge in [-0.05, 0) is 56.0 Å². The van der Waals surface area contributed by atoms with E-state index in [2.05, 4.69) is 58.0 Å². The first-order valence-corrected chi connectivity index (χ1v) is 9.07. The van der Waals surface area contributed by atoms with Gasteiger partial charge < -0.3 is 9.84 Å². The minimum atomic E-state index is -0.621. The highest BCUT2D eigenvalue weighted by Crippen LogP contribution is 2.31. The van der Waals surface area contributed by atoms with Crippen LogP contribution in [0, 0.1) is 27.7 Å². The average Bonchev–Trinajstić information content (AvgIpc) is 2.51. The average molecular weight is 350 g/mol. The lowest BCUT2D eigenvalue weighted by Gasteiger charge is -2.23. The number of carbonyl (C=O) groups excluding carboxylic acids is 1. The van der Waals surface area contributed by atoms with Gasteiger partial charge >= 0.3 is 5.97 Å². The minimum Gasteiger partial charge on any atom is -0.458 e. The Bertz CT molecular complexity index is 844. The Kier molecular flexibility index (Phi) is 5.28. The second-order valence-corrected chi connectivity index (χ2v) is 7.40. The molecule has 2 atom stereocenters. The SMILES string of the molecule is Cc1cc(C)cc(-c2cc(C)cc(C)c2/C=C/C2CC(O)CC(=O)O2)c1. The highest BCUT2D eigenvalue weighted by Gasteiger charge is 2.25. The summed E-state index contributed by atoms with van der Waals surface area (Å²) in [4.78, 5) is 11.6. The van der Waals surface area contributed by atoms with E-state index in [9.17, 15) is 9.90 Å². The van der Waals surface area contributed by atoms with E-state index < -0.39 is 6.10 Å². The van der Waals surface area contributed by atoms with E-state index in [-0.39, 0.29) is 18.5 Å². The Morgan fingerprint density at radius 3 is 2.31 bits per heavy atom. The molecule has 1 N–H and O–H groups in total. The summed E-state index contributed by atoms with van der Waals surface area (Å²) in [6.07, 6.45) is 3.46. The maximum absolute atomic E-state index is 11.6. The number of ether oxygens (including phenoxy) is 1. The van der Waals surface area contributed by atoms with Gasteiger partial charge in [0.15, 0.2) is 0 Å². The molecule has 1 saturated heterocycles. The van der Waals surface area contributed by atoms with Crippen molar-refractivity contribution >= 4 is 12.0 Å². The molecule has 1 aliphatic rings. The lowest BCUT2D eigenvalue weighted by Crippen LogP contribution is -2.31. The van der Waals surface area contributed by atoms with Crippen molar-refractivity contribution < 1.29 is 14.6 Å². The maximum atomic E-state index is 11.6. The fourth-order valence-electron chi connectivity index (χ4n) is 3.70. The molecule has 1 fully saturated rings. The van der Waals surface area contributed by atoms with Crippen molar-refractivity contribution in [1.29, 1.82) is 0 Å². The first-order chi connectivity index (χ1) is 12.3. The van der Waals surface area contributed by atoms with Gasteiger partial charge in [-0.25, -0.2) is 0 Å². The molecule has 0 aromatic heterocycles. The van der Waals surface area contributed by atoms with E-state index in [1.165, 1.54) is 33.4 Å². The number of rotatable bonds is 3. The maximum Gasteiger partial charge on any atom is 0.309 e. The number of aliphatic hydroxyl groups is 1. The van der Waals surface area contributed by atoms with E-state index in [4.69, 9.17) is 4.74 Å². The zero-order valence-corrected chi connectivity index (χ0v) is 15.9. The molecule has 2 unspecified atom stereocenters. The Morgan fingerprint density at radius 2 is 1.65 bits per heavy atom. The molecule has 2 aromatic rings. The van der Waals surface area contributed by atoms with Crippen LogP contribution in [0.5, 0.6) is 0 Å². The van der Waals surface area contributed by atoms with Crippen molar-refractivity contribution in [3.05, 3.63) is 64.2 Å². The second kappa shape index (κ2) is 7.46. The summed E-state index contributed by atoms with van der Waals surface area (Å²) in [5, 5.41) is 9.80. The number of hydrogen-bond acceptors (Lipinski definition) is 3. The summed E-state index contributed by atoms with van der Waals surface area (Å²) in [6.45, 7) is 8.42. The molecule has 0 aliphatic carbocycles. The van der Waals surface area contributed by atoms with Crippen molar-refractivity contribution in [2.24, 2.45) is 0 Å². The third-order valence-corrected chi connectivity index (χ3v) is 4.73. The van der Waals surface area contributed by atoms with Gasteiger partial charge in [-0.1, -0.05) is 53.1 Å². The summed E-state index contributed by atoms with van der Waals surface area (Å²) in [5.74, 6) is -0.339. The lowest BCUT2D eigenvalue weighted by molar-refractivity contribution is -0.156. The molecule has 3 nitrogen and oxygen atoms in total. The fourth-order valence-corrected chi connectivity index (χ4v) is 3.70. The van der Waals surface area contributed by atoms with Gasteiger partial charge in [-0.3, -0.25) is 4.79 Å². The first-order valence-electron chi connectivity index (χ1n) is 9.07. The van der Waals surface area contributed by atoms with Crippen LogP contribution in [0.4, 0.5) is 0 Å². The minimum absolute atomic E-state index is 0.0850. The van der Waals surface area contributed by atoms with Crippen LogP contribution in [-0.2, 0) is 9.53 Å². The Hall–Kier alpha value is -2.39. The molecule has 3 heteroatoms. The van der Waals surface area contributed by atoms with Gasteiger partial charge in [0, 0.05) is 6.42 Å². The highest BCUT2D eigenvalue weighted by atomic mass is 16.5. The number of aliphatic hydroxyl groups excluding tert-OH is 1. The lowest BCUT2D eigenvalue weighted by atomic mass is 9.91. The van der Waals surface area contributed by atoms with E-state index in [0.717, 1.165) is 5.56 Å². The molecule has 1 aliphatic heterocycles. The van der Waals surface area contributed by atoms with Gasteiger partial charge in [0.1, 0.15) is 6.10 Å². The summed E-state index contributed by atoms with van der Waals surface area (Å²) in [6, 6.07) is 10.9. The predicted molar refractivity (Wildman–Crippen MR) is 105 cm³/mol. The van der Waals surface area contributed by atoms with Crippen LogP contribution < -0.4 is 0 Å². The molecule has 0 radical (unpaired) electrons. The van der Waals surface area contributed by atoms with E-state index in [1.54, 1.807) is 0 Å². The Labute approximate surface area is 155 Å². The van der Waals surface area contributed by atoms with Crippen LogP contribution in [0.1, 0.15) is 40.7 Å². The number of benzene rings is 2. The highest BCUT2D eigenvalue weighted by molar-refractivity contribution is 5.79. The van der Waals surface area contributed by atoms with Crippen LogP contribution in [0.3, 0.4) is 0 Å². The number of hydrogen-bond donors (Lipinski definition) is 1. The molecule has 0 saturated carbocycles. The van der Waals surface area contributed by atoms with Gasteiger partial charge in [-0.2, -0.15) is 0 Å². The fraction of sp³-hybridized carbons (Fsp3) is 0.348. The van der Waals surface area contributed by atoms with Crippen LogP contribution >= 0.6 is 0 Å². The Morgan fingerprint density at radius 1 is 1.00 bits per heavy atom. The van der Waals surface area contributed by atoms with Crippen molar-refractivity contribution in [1.82, 2.24) is 0 Å². The molecule has 26 heavy (non-hydrogen) atoms. The molecular formula is C23H26O3. The zero-order valence-electron chi connectivity index (χ0n) is 15.9. The summed E-state index contributed by atoms with van der Waals surface area (Å²) < 4.78 is 5.34. The largest absolute Gasteiger partial charge is 0.458 e. The normalized spacial score (nSPS) is 20.4. The van der Waals surface area contributed by atoms with Crippen LogP contribution in [0.2, 0.25) is 0 Å². The van der Waals surface area contributed by atoms with Crippen LogP contribution in [0.25, 0.3) is 17.2 Å². The molecule has 1 heterocycles. The summed E-state index contributed by atoms with van der Waals surface area (Å²) in [5.41, 5.74) is 8.35. The van der Waals surface area contributed by atoms with Crippen LogP contribution in [-0.4, -0.2) is 23.3 Å². The number of esters is 1. The van der Waals surface area contributed by atoms with E-state index in [1.807, 2.05) is 12.2 Å². The van der Waals surface area contributed by atoms with Crippen molar-refractivity contribution in [3.8, 4) is 11.1 Å². The first kappa shape index (κ1) is 18.4. The molecular weight excluding hydrogens is 324 g/mol. The van der Waals surface area contributed by atoms with Gasteiger partial charge in [0.05, 0.1) is 12.5 Å². The van der Waals surface area contributed by atoms with Gasteiger partial charge in [0.2, 0.25) is 0 Å². The summed E-state index contributed by atoms with van der Waals surface area (Å²) in [7, 11) is 0. The molecule has 0 bridgehead atoms. The standard InChI is InChI=1S/C23H26O3/c1-14-7-15(2)10-18(9-14)22-11-16(3)8-17(4)21(22)6-5-20-12-19(24)13-23(25)26-20/h5-11,19-20,24H,12-13H2,1-4H3/b6-5+. The topological polar surface area (TPSA) is 46.5 Å². The van der Waals surface area contributed by atoms with Crippen molar-refractivity contribution in [3.63, 3.8) is 0 Å². The number of carbonyl (C=O) groups is 1. The second-order valence-electron chi connectivity index (χ2n) is 7.40. The zero-order chi connectivity index (χ0) is 18.8. The van der Waals surface area contributed by atoms with Gasteiger partial charge in [-0.15, -0.1) is 0 Å². The van der Waals surface area contributed by atoms with Crippen molar-refractivity contribution in [2.75, 3.05) is 0 Å².